The van der Waals surface area contributed by atoms with Crippen LogP contribution < -0.4 is 5.73 Å². The monoisotopic (exact) mass is 312 g/mol. The lowest BCUT2D eigenvalue weighted by Gasteiger charge is -2.17. The fourth-order valence-corrected chi connectivity index (χ4v) is 2.12. The molecule has 0 aliphatic carbocycles. The summed E-state index contributed by atoms with van der Waals surface area (Å²) in [5.74, 6) is -0.860. The summed E-state index contributed by atoms with van der Waals surface area (Å²) in [5, 5.41) is 0. The molecule has 0 spiro atoms. The summed E-state index contributed by atoms with van der Waals surface area (Å²) >= 11 is 0. The van der Waals surface area contributed by atoms with Gasteiger partial charge in [0, 0.05) is 19.3 Å². The molecule has 0 unspecified atom stereocenters. The molecule has 2 aromatic carbocycles. The quantitative estimate of drug-likeness (QED) is 0.679. The van der Waals surface area contributed by atoms with E-state index in [-0.39, 0.29) is 18.1 Å². The number of ether oxygens (including phenoxy) is 1. The number of esters is 1. The van der Waals surface area contributed by atoms with E-state index in [1.807, 2.05) is 43.3 Å². The molecule has 0 aliphatic rings. The molecule has 0 fully saturated rings. The maximum atomic E-state index is 12.1. The molecular weight excluding hydrogens is 292 g/mol. The minimum Gasteiger partial charge on any atom is -0.452 e. The summed E-state index contributed by atoms with van der Waals surface area (Å²) in [6.07, 6.45) is 0. The molecule has 0 bridgehead atoms. The summed E-state index contributed by atoms with van der Waals surface area (Å²) in [6, 6.07) is 14.7. The van der Waals surface area contributed by atoms with E-state index < -0.39 is 5.97 Å². The second-order valence-corrected chi connectivity index (χ2v) is 5.35. The molecule has 0 aromatic heterocycles. The molecule has 120 valence electrons. The van der Waals surface area contributed by atoms with Gasteiger partial charge in [-0.2, -0.15) is 0 Å². The molecule has 5 nitrogen and oxygen atoms in total. The fourth-order valence-electron chi connectivity index (χ4n) is 2.12. The maximum absolute atomic E-state index is 12.1. The Bertz CT molecular complexity index is 699. The van der Waals surface area contributed by atoms with Gasteiger partial charge in [0.2, 0.25) is 0 Å². The van der Waals surface area contributed by atoms with E-state index in [0.29, 0.717) is 12.2 Å². The van der Waals surface area contributed by atoms with Crippen molar-refractivity contribution in [2.75, 3.05) is 19.4 Å². The van der Waals surface area contributed by atoms with Crippen molar-refractivity contribution in [3.63, 3.8) is 0 Å². The summed E-state index contributed by atoms with van der Waals surface area (Å²) in [7, 11) is 1.67. The zero-order chi connectivity index (χ0) is 16.8. The molecule has 2 aromatic rings. The van der Waals surface area contributed by atoms with Crippen LogP contribution in [-0.4, -0.2) is 30.4 Å². The SMILES string of the molecule is Cc1cccc(C(=O)OCC(=O)N(C)Cc2ccccc2)c1N. The zero-order valence-corrected chi connectivity index (χ0v) is 13.3. The Morgan fingerprint density at radius 2 is 1.78 bits per heavy atom. The lowest BCUT2D eigenvalue weighted by molar-refractivity contribution is -0.133. The standard InChI is InChI=1S/C18H20N2O3/c1-13-7-6-10-15(17(13)19)18(22)23-12-16(21)20(2)11-14-8-4-3-5-9-14/h3-10H,11-12,19H2,1-2H3. The first-order valence-electron chi connectivity index (χ1n) is 7.29. The minimum atomic E-state index is -0.590. The Kier molecular flexibility index (Phi) is 5.36. The molecular formula is C18H20N2O3. The van der Waals surface area contributed by atoms with Crippen LogP contribution in [0.15, 0.2) is 48.5 Å². The van der Waals surface area contributed by atoms with Gasteiger partial charge in [0.1, 0.15) is 0 Å². The third-order valence-corrected chi connectivity index (χ3v) is 3.56. The van der Waals surface area contributed by atoms with Crippen molar-refractivity contribution < 1.29 is 14.3 Å². The molecule has 0 aliphatic heterocycles. The Morgan fingerprint density at radius 3 is 2.48 bits per heavy atom. The number of aryl methyl sites for hydroxylation is 1. The number of para-hydroxylation sites is 1. The molecule has 2 rings (SSSR count). The second-order valence-electron chi connectivity index (χ2n) is 5.35. The Labute approximate surface area is 135 Å². The van der Waals surface area contributed by atoms with Crippen LogP contribution in [0.1, 0.15) is 21.5 Å². The van der Waals surface area contributed by atoms with Gasteiger partial charge in [0.15, 0.2) is 6.61 Å². The molecule has 0 saturated heterocycles. The van der Waals surface area contributed by atoms with E-state index >= 15 is 0 Å². The summed E-state index contributed by atoms with van der Waals surface area (Å²) in [6.45, 7) is 1.96. The third-order valence-electron chi connectivity index (χ3n) is 3.56. The number of nitrogens with two attached hydrogens (primary N) is 1. The van der Waals surface area contributed by atoms with Crippen molar-refractivity contribution in [3.05, 3.63) is 65.2 Å². The second kappa shape index (κ2) is 7.45. The highest BCUT2D eigenvalue weighted by atomic mass is 16.5. The number of carbonyl (C=O) groups excluding carboxylic acids is 2. The molecule has 23 heavy (non-hydrogen) atoms. The number of hydrogen-bond donors (Lipinski definition) is 1. The van der Waals surface area contributed by atoms with Gasteiger partial charge in [0.25, 0.3) is 5.91 Å². The average molecular weight is 312 g/mol. The van der Waals surface area contributed by atoms with Gasteiger partial charge < -0.3 is 15.4 Å². The number of anilines is 1. The van der Waals surface area contributed by atoms with E-state index in [2.05, 4.69) is 0 Å². The molecule has 5 heteroatoms. The van der Waals surface area contributed by atoms with E-state index in [1.54, 1.807) is 19.2 Å². The fraction of sp³-hybridized carbons (Fsp3) is 0.222. The van der Waals surface area contributed by atoms with Crippen molar-refractivity contribution in [1.29, 1.82) is 0 Å². The van der Waals surface area contributed by atoms with E-state index in [1.165, 1.54) is 4.90 Å². The molecule has 0 heterocycles. The largest absolute Gasteiger partial charge is 0.452 e. The topological polar surface area (TPSA) is 72.6 Å². The van der Waals surface area contributed by atoms with Crippen LogP contribution in [0, 0.1) is 6.92 Å². The van der Waals surface area contributed by atoms with Gasteiger partial charge in [-0.3, -0.25) is 4.79 Å². The summed E-state index contributed by atoms with van der Waals surface area (Å²) in [5.41, 5.74) is 8.32. The highest BCUT2D eigenvalue weighted by Gasteiger charge is 2.16. The Morgan fingerprint density at radius 1 is 1.09 bits per heavy atom. The molecule has 0 atom stereocenters. The Balaban J connectivity index is 1.91. The van der Waals surface area contributed by atoms with Crippen LogP contribution in [0.3, 0.4) is 0 Å². The van der Waals surface area contributed by atoms with E-state index in [0.717, 1.165) is 11.1 Å². The number of nitrogen functional groups attached to an aromatic ring is 1. The van der Waals surface area contributed by atoms with Gasteiger partial charge in [-0.15, -0.1) is 0 Å². The number of benzene rings is 2. The normalized spacial score (nSPS) is 10.2. The van der Waals surface area contributed by atoms with Crippen LogP contribution in [-0.2, 0) is 16.1 Å². The zero-order valence-electron chi connectivity index (χ0n) is 13.3. The van der Waals surface area contributed by atoms with Crippen molar-refractivity contribution >= 4 is 17.6 Å². The van der Waals surface area contributed by atoms with Crippen LogP contribution in [0.5, 0.6) is 0 Å². The van der Waals surface area contributed by atoms with Crippen molar-refractivity contribution in [2.45, 2.75) is 13.5 Å². The third kappa shape index (κ3) is 4.32. The van der Waals surface area contributed by atoms with Crippen LogP contribution in [0.2, 0.25) is 0 Å². The van der Waals surface area contributed by atoms with Crippen molar-refractivity contribution in [1.82, 2.24) is 4.90 Å². The number of likely N-dealkylation sites (N-methyl/N-ethyl adjacent to an activating group) is 1. The lowest BCUT2D eigenvalue weighted by atomic mass is 10.1. The van der Waals surface area contributed by atoms with Gasteiger partial charge >= 0.3 is 5.97 Å². The predicted octanol–water partition coefficient (Wildman–Crippen LogP) is 2.39. The highest BCUT2D eigenvalue weighted by Crippen LogP contribution is 2.17. The molecule has 1 amide bonds. The predicted molar refractivity (Wildman–Crippen MR) is 88.8 cm³/mol. The van der Waals surface area contributed by atoms with Gasteiger partial charge in [-0.1, -0.05) is 42.5 Å². The first-order valence-corrected chi connectivity index (χ1v) is 7.29. The number of hydrogen-bond acceptors (Lipinski definition) is 4. The number of carbonyl (C=O) groups is 2. The van der Waals surface area contributed by atoms with Crippen LogP contribution >= 0.6 is 0 Å². The molecule has 2 N–H and O–H groups in total. The average Bonchev–Trinajstić information content (AvgIpc) is 2.55. The summed E-state index contributed by atoms with van der Waals surface area (Å²) in [4.78, 5) is 25.6. The highest BCUT2D eigenvalue weighted by molar-refractivity contribution is 5.96. The number of amides is 1. The molecule has 0 radical (unpaired) electrons. The van der Waals surface area contributed by atoms with E-state index in [4.69, 9.17) is 10.5 Å². The molecule has 0 saturated carbocycles. The minimum absolute atomic E-state index is 0.270. The number of rotatable bonds is 5. The lowest BCUT2D eigenvalue weighted by Crippen LogP contribution is -2.30. The smallest absolute Gasteiger partial charge is 0.340 e. The first kappa shape index (κ1) is 16.5. The van der Waals surface area contributed by atoms with Gasteiger partial charge in [-0.25, -0.2) is 4.79 Å². The maximum Gasteiger partial charge on any atom is 0.340 e. The summed E-state index contributed by atoms with van der Waals surface area (Å²) < 4.78 is 5.07. The van der Waals surface area contributed by atoms with Crippen LogP contribution in [0.4, 0.5) is 5.69 Å². The van der Waals surface area contributed by atoms with Crippen molar-refractivity contribution in [3.8, 4) is 0 Å². The Hall–Kier alpha value is -2.82. The van der Waals surface area contributed by atoms with Crippen molar-refractivity contribution in [2.24, 2.45) is 0 Å². The van der Waals surface area contributed by atoms with Crippen LogP contribution in [0.25, 0.3) is 0 Å². The first-order chi connectivity index (χ1) is 11.0. The van der Waals surface area contributed by atoms with Gasteiger partial charge in [-0.05, 0) is 24.1 Å². The van der Waals surface area contributed by atoms with Gasteiger partial charge in [0.05, 0.1) is 5.56 Å². The number of nitrogens with zero attached hydrogens (tertiary/aromatic N) is 1. The van der Waals surface area contributed by atoms with E-state index in [9.17, 15) is 9.59 Å².